The van der Waals surface area contributed by atoms with Crippen molar-refractivity contribution in [1.82, 2.24) is 0 Å². The van der Waals surface area contributed by atoms with Crippen LogP contribution in [0.3, 0.4) is 0 Å². The molecule has 0 spiro atoms. The number of rotatable bonds is 4. The molecule has 1 aromatic rings. The number of amides is 1. The third-order valence-corrected chi connectivity index (χ3v) is 3.01. The molecule has 0 radical (unpaired) electrons. The summed E-state index contributed by atoms with van der Waals surface area (Å²) in [6.07, 6.45) is 0. The van der Waals surface area contributed by atoms with E-state index in [0.717, 1.165) is 0 Å². The summed E-state index contributed by atoms with van der Waals surface area (Å²) in [6.45, 7) is 2.68. The molecule has 0 fully saturated rings. The molecule has 20 heavy (non-hydrogen) atoms. The minimum absolute atomic E-state index is 0.0318. The fourth-order valence-corrected chi connectivity index (χ4v) is 1.52. The third-order valence-electron chi connectivity index (χ3n) is 2.68. The average Bonchev–Trinajstić information content (AvgIpc) is 2.38. The molecule has 0 atom stereocenters. The molecule has 106 valence electrons. The predicted octanol–water partition coefficient (Wildman–Crippen LogP) is 2.40. The highest BCUT2D eigenvalue weighted by Crippen LogP contribution is 2.21. The van der Waals surface area contributed by atoms with E-state index in [2.05, 4.69) is 5.32 Å². The quantitative estimate of drug-likeness (QED) is 0.740. The Balaban J connectivity index is 3.03. The molecule has 0 bridgehead atoms. The van der Waals surface area contributed by atoms with E-state index in [-0.39, 0.29) is 27.4 Å². The van der Waals surface area contributed by atoms with Crippen molar-refractivity contribution in [2.24, 2.45) is 0 Å². The first-order valence-corrected chi connectivity index (χ1v) is 5.86. The van der Waals surface area contributed by atoms with Gasteiger partial charge in [-0.25, -0.2) is 9.59 Å². The lowest BCUT2D eigenvalue weighted by Crippen LogP contribution is -2.16. The fourth-order valence-electron chi connectivity index (χ4n) is 1.32. The zero-order valence-electron chi connectivity index (χ0n) is 10.7. The summed E-state index contributed by atoms with van der Waals surface area (Å²) in [4.78, 5) is 33.5. The first-order chi connectivity index (χ1) is 9.23. The Morgan fingerprint density at radius 1 is 1.10 bits per heavy atom. The van der Waals surface area contributed by atoms with E-state index >= 15 is 0 Å². The number of hydrogen-bond acceptors (Lipinski definition) is 3. The molecule has 7 heteroatoms. The van der Waals surface area contributed by atoms with Crippen LogP contribution in [0.2, 0.25) is 5.02 Å². The lowest BCUT2D eigenvalue weighted by Gasteiger charge is -2.08. The van der Waals surface area contributed by atoms with Crippen molar-refractivity contribution in [3.05, 3.63) is 39.9 Å². The van der Waals surface area contributed by atoms with Gasteiger partial charge in [0.05, 0.1) is 10.6 Å². The summed E-state index contributed by atoms with van der Waals surface area (Å²) in [5, 5.41) is 20.2. The van der Waals surface area contributed by atoms with Gasteiger partial charge in [0.25, 0.3) is 5.91 Å². The van der Waals surface area contributed by atoms with Gasteiger partial charge in [0.2, 0.25) is 0 Å². The number of hydrogen-bond donors (Lipinski definition) is 3. The summed E-state index contributed by atoms with van der Waals surface area (Å²) in [5.41, 5.74) is 0.00893. The van der Waals surface area contributed by atoms with Crippen LogP contribution in [-0.4, -0.2) is 28.1 Å². The highest BCUT2D eigenvalue weighted by molar-refractivity contribution is 6.33. The Hall–Kier alpha value is -2.34. The van der Waals surface area contributed by atoms with Gasteiger partial charge in [0, 0.05) is 16.8 Å². The molecule has 1 aromatic carbocycles. The van der Waals surface area contributed by atoms with Crippen molar-refractivity contribution in [2.75, 3.05) is 5.32 Å². The second-order valence-corrected chi connectivity index (χ2v) is 4.42. The molecule has 0 aliphatic heterocycles. The number of nitrogens with one attached hydrogen (secondary N) is 1. The lowest BCUT2D eigenvalue weighted by molar-refractivity contribution is -0.133. The van der Waals surface area contributed by atoms with Crippen LogP contribution in [0.15, 0.2) is 29.3 Å². The highest BCUT2D eigenvalue weighted by Gasteiger charge is 2.14. The number of anilines is 1. The van der Waals surface area contributed by atoms with E-state index in [1.807, 2.05) is 0 Å². The summed E-state index contributed by atoms with van der Waals surface area (Å²) in [5.74, 6) is -3.04. The smallest absolute Gasteiger partial charge is 0.337 e. The van der Waals surface area contributed by atoms with E-state index in [9.17, 15) is 14.4 Å². The molecular weight excluding hydrogens is 286 g/mol. The highest BCUT2D eigenvalue weighted by atomic mass is 35.5. The van der Waals surface area contributed by atoms with Gasteiger partial charge in [-0.2, -0.15) is 0 Å². The molecule has 1 amide bonds. The Morgan fingerprint density at radius 3 is 2.20 bits per heavy atom. The second kappa shape index (κ2) is 6.21. The maximum Gasteiger partial charge on any atom is 0.337 e. The zero-order valence-corrected chi connectivity index (χ0v) is 11.5. The van der Waals surface area contributed by atoms with Gasteiger partial charge in [0.1, 0.15) is 0 Å². The normalized spacial score (nSPS) is 11.6. The summed E-state index contributed by atoms with van der Waals surface area (Å²) in [7, 11) is 0. The van der Waals surface area contributed by atoms with Gasteiger partial charge in [-0.3, -0.25) is 4.79 Å². The summed E-state index contributed by atoms with van der Waals surface area (Å²) >= 11 is 5.70. The number of aliphatic carboxylic acids is 1. The zero-order chi connectivity index (χ0) is 15.4. The number of halogens is 1. The standard InChI is InChI=1S/C13H12ClNO5/c1-6(7(2)12(17)18)11(16)15-8-3-4-10(14)9(5-8)13(19)20/h3-5H,1-2H3,(H,15,16)(H,17,18)(H,19,20). The molecule has 3 N–H and O–H groups in total. The third kappa shape index (κ3) is 3.58. The number of carboxylic acids is 2. The SMILES string of the molecule is CC(C(=O)O)=C(C)C(=O)Nc1ccc(Cl)c(C(=O)O)c1. The number of benzene rings is 1. The van der Waals surface area contributed by atoms with Gasteiger partial charge in [-0.15, -0.1) is 0 Å². The topological polar surface area (TPSA) is 104 Å². The molecule has 0 unspecified atom stereocenters. The van der Waals surface area contributed by atoms with Crippen LogP contribution in [0.1, 0.15) is 24.2 Å². The van der Waals surface area contributed by atoms with Gasteiger partial charge in [0.15, 0.2) is 0 Å². The fraction of sp³-hybridized carbons (Fsp3) is 0.154. The number of carbonyl (C=O) groups is 3. The molecule has 0 saturated carbocycles. The van der Waals surface area contributed by atoms with Gasteiger partial charge in [-0.1, -0.05) is 11.6 Å². The number of carboxylic acid groups (broad SMARTS) is 2. The van der Waals surface area contributed by atoms with E-state index in [4.69, 9.17) is 21.8 Å². The predicted molar refractivity (Wildman–Crippen MR) is 73.1 cm³/mol. The molecule has 0 heterocycles. The van der Waals surface area contributed by atoms with Crippen LogP contribution in [0.25, 0.3) is 0 Å². The van der Waals surface area contributed by atoms with E-state index in [1.54, 1.807) is 0 Å². The molecule has 0 aliphatic carbocycles. The van der Waals surface area contributed by atoms with E-state index in [1.165, 1.54) is 32.0 Å². The molecule has 1 rings (SSSR count). The summed E-state index contributed by atoms with van der Waals surface area (Å²) in [6, 6.07) is 3.96. The molecule has 0 saturated heterocycles. The number of carbonyl (C=O) groups excluding carboxylic acids is 1. The van der Waals surface area contributed by atoms with Crippen LogP contribution in [0, 0.1) is 0 Å². The van der Waals surface area contributed by atoms with Gasteiger partial charge < -0.3 is 15.5 Å². The van der Waals surface area contributed by atoms with E-state index < -0.39 is 17.8 Å². The monoisotopic (exact) mass is 297 g/mol. The van der Waals surface area contributed by atoms with Crippen molar-refractivity contribution >= 4 is 35.1 Å². The van der Waals surface area contributed by atoms with Crippen molar-refractivity contribution < 1.29 is 24.6 Å². The maximum atomic E-state index is 11.8. The maximum absolute atomic E-state index is 11.8. The van der Waals surface area contributed by atoms with Crippen molar-refractivity contribution in [1.29, 1.82) is 0 Å². The molecule has 0 aromatic heterocycles. The van der Waals surface area contributed by atoms with Crippen LogP contribution >= 0.6 is 11.6 Å². The minimum Gasteiger partial charge on any atom is -0.478 e. The second-order valence-electron chi connectivity index (χ2n) is 4.01. The molecule has 6 nitrogen and oxygen atoms in total. The van der Waals surface area contributed by atoms with E-state index in [0.29, 0.717) is 0 Å². The van der Waals surface area contributed by atoms with Crippen molar-refractivity contribution in [3.8, 4) is 0 Å². The Morgan fingerprint density at radius 2 is 1.70 bits per heavy atom. The van der Waals surface area contributed by atoms with Crippen LogP contribution < -0.4 is 5.32 Å². The summed E-state index contributed by atoms with van der Waals surface area (Å²) < 4.78 is 0. The van der Waals surface area contributed by atoms with Gasteiger partial charge >= 0.3 is 11.9 Å². The molecular formula is C13H12ClNO5. The minimum atomic E-state index is -1.22. The first kappa shape index (κ1) is 15.7. The molecule has 0 aliphatic rings. The Labute approximate surface area is 119 Å². The van der Waals surface area contributed by atoms with Crippen LogP contribution in [-0.2, 0) is 9.59 Å². The lowest BCUT2D eigenvalue weighted by atomic mass is 10.1. The van der Waals surface area contributed by atoms with Crippen LogP contribution in [0.5, 0.6) is 0 Å². The van der Waals surface area contributed by atoms with Crippen molar-refractivity contribution in [2.45, 2.75) is 13.8 Å². The first-order valence-electron chi connectivity index (χ1n) is 5.49. The van der Waals surface area contributed by atoms with Crippen LogP contribution in [0.4, 0.5) is 5.69 Å². The Bertz CT molecular complexity index is 621. The number of aromatic carboxylic acids is 1. The van der Waals surface area contributed by atoms with Crippen molar-refractivity contribution in [3.63, 3.8) is 0 Å². The largest absolute Gasteiger partial charge is 0.478 e. The average molecular weight is 298 g/mol. The Kier molecular flexibility index (Phi) is 4.88. The van der Waals surface area contributed by atoms with Gasteiger partial charge in [-0.05, 0) is 32.0 Å².